The van der Waals surface area contributed by atoms with E-state index < -0.39 is 11.7 Å². The number of aromatic nitrogens is 1. The molecule has 8 heteroatoms. The van der Waals surface area contributed by atoms with Crippen molar-refractivity contribution < 1.29 is 9.18 Å². The molecular weight excluding hydrogens is 336 g/mol. The zero-order valence-corrected chi connectivity index (χ0v) is 12.7. The standard InChI is InChI=1S/C13H8Cl2FN3OS/c14-8-3-7(16)4-9(15)11(8)19-13(20)10-2-1-6(5-18-10)12(17)21/h1-5H,(H2,17,21)(H,19,20). The van der Waals surface area contributed by atoms with Crippen LogP contribution in [-0.4, -0.2) is 15.9 Å². The van der Waals surface area contributed by atoms with Crippen molar-refractivity contribution in [3.63, 3.8) is 0 Å². The smallest absolute Gasteiger partial charge is 0.274 e. The average Bonchev–Trinajstić information content (AvgIpc) is 2.42. The van der Waals surface area contributed by atoms with Crippen LogP contribution in [0.2, 0.25) is 10.0 Å². The fourth-order valence-corrected chi connectivity index (χ4v) is 2.19. The third-order valence-electron chi connectivity index (χ3n) is 2.53. The van der Waals surface area contributed by atoms with E-state index >= 15 is 0 Å². The minimum absolute atomic E-state index is 0.00638. The lowest BCUT2D eigenvalue weighted by molar-refractivity contribution is 0.102. The highest BCUT2D eigenvalue weighted by Crippen LogP contribution is 2.31. The molecule has 2 rings (SSSR count). The molecule has 0 fully saturated rings. The first-order valence-corrected chi connectivity index (χ1v) is 6.76. The van der Waals surface area contributed by atoms with Crippen LogP contribution in [0.25, 0.3) is 0 Å². The number of hydrogen-bond donors (Lipinski definition) is 2. The average molecular weight is 344 g/mol. The number of thiocarbonyl (C=S) groups is 1. The SMILES string of the molecule is NC(=S)c1ccc(C(=O)Nc2c(Cl)cc(F)cc2Cl)nc1. The molecule has 0 aliphatic heterocycles. The first-order valence-electron chi connectivity index (χ1n) is 5.60. The lowest BCUT2D eigenvalue weighted by Crippen LogP contribution is -2.16. The highest BCUT2D eigenvalue weighted by molar-refractivity contribution is 7.80. The number of amides is 1. The number of benzene rings is 1. The van der Waals surface area contributed by atoms with E-state index in [1.165, 1.54) is 12.3 Å². The molecule has 3 N–H and O–H groups in total. The van der Waals surface area contributed by atoms with Gasteiger partial charge < -0.3 is 11.1 Å². The molecule has 0 unspecified atom stereocenters. The van der Waals surface area contributed by atoms with Gasteiger partial charge in [0.2, 0.25) is 0 Å². The molecule has 2 aromatic rings. The lowest BCUT2D eigenvalue weighted by atomic mass is 10.2. The van der Waals surface area contributed by atoms with E-state index in [-0.39, 0.29) is 26.4 Å². The number of nitrogens with one attached hydrogen (secondary N) is 1. The Morgan fingerprint density at radius 2 is 1.90 bits per heavy atom. The van der Waals surface area contributed by atoms with Gasteiger partial charge >= 0.3 is 0 Å². The van der Waals surface area contributed by atoms with Gasteiger partial charge in [0.25, 0.3) is 5.91 Å². The first-order chi connectivity index (χ1) is 9.88. The van der Waals surface area contributed by atoms with Crippen LogP contribution in [0.15, 0.2) is 30.5 Å². The van der Waals surface area contributed by atoms with Crippen LogP contribution < -0.4 is 11.1 Å². The van der Waals surface area contributed by atoms with Crippen molar-refractivity contribution in [3.8, 4) is 0 Å². The maximum Gasteiger partial charge on any atom is 0.274 e. The van der Waals surface area contributed by atoms with Crippen molar-refractivity contribution in [2.24, 2.45) is 5.73 Å². The van der Waals surface area contributed by atoms with E-state index in [9.17, 15) is 9.18 Å². The summed E-state index contributed by atoms with van der Waals surface area (Å²) in [5, 5.41) is 2.46. The number of rotatable bonds is 3. The number of carbonyl (C=O) groups is 1. The van der Waals surface area contributed by atoms with Crippen LogP contribution >= 0.6 is 35.4 Å². The minimum Gasteiger partial charge on any atom is -0.389 e. The van der Waals surface area contributed by atoms with Crippen LogP contribution in [0, 0.1) is 5.82 Å². The predicted molar refractivity (Wildman–Crippen MR) is 84.5 cm³/mol. The van der Waals surface area contributed by atoms with Crippen molar-refractivity contribution in [3.05, 3.63) is 57.6 Å². The number of nitrogens with two attached hydrogens (primary N) is 1. The first kappa shape index (κ1) is 15.6. The quantitative estimate of drug-likeness (QED) is 0.838. The van der Waals surface area contributed by atoms with Crippen molar-refractivity contribution in [1.29, 1.82) is 0 Å². The molecule has 21 heavy (non-hydrogen) atoms. The molecule has 1 aromatic heterocycles. The van der Waals surface area contributed by atoms with Crippen LogP contribution in [-0.2, 0) is 0 Å². The number of pyridine rings is 1. The molecule has 1 heterocycles. The molecule has 1 aromatic carbocycles. The third-order valence-corrected chi connectivity index (χ3v) is 3.36. The summed E-state index contributed by atoms with van der Waals surface area (Å²) in [5.41, 5.74) is 6.21. The van der Waals surface area contributed by atoms with Crippen LogP contribution in [0.4, 0.5) is 10.1 Å². The third kappa shape index (κ3) is 3.66. The number of anilines is 1. The van der Waals surface area contributed by atoms with Crippen LogP contribution in [0.1, 0.15) is 16.1 Å². The monoisotopic (exact) mass is 343 g/mol. The summed E-state index contributed by atoms with van der Waals surface area (Å²) in [6, 6.07) is 5.12. The predicted octanol–water partition coefficient (Wildman–Crippen LogP) is 3.41. The second-order valence-electron chi connectivity index (χ2n) is 3.99. The van der Waals surface area contributed by atoms with Gasteiger partial charge in [-0.15, -0.1) is 0 Å². The molecule has 0 saturated heterocycles. The molecule has 0 aliphatic carbocycles. The van der Waals surface area contributed by atoms with Crippen molar-refractivity contribution in [2.45, 2.75) is 0 Å². The maximum atomic E-state index is 13.1. The number of carbonyl (C=O) groups excluding carboxylic acids is 1. The molecule has 4 nitrogen and oxygen atoms in total. The van der Waals surface area contributed by atoms with E-state index in [0.717, 1.165) is 12.1 Å². The number of hydrogen-bond acceptors (Lipinski definition) is 3. The summed E-state index contributed by atoms with van der Waals surface area (Å²) in [6.45, 7) is 0. The molecule has 0 atom stereocenters. The van der Waals surface area contributed by atoms with Gasteiger partial charge in [0.15, 0.2) is 0 Å². The van der Waals surface area contributed by atoms with Gasteiger partial charge in [-0.3, -0.25) is 9.78 Å². The fraction of sp³-hybridized carbons (Fsp3) is 0. The Bertz CT molecular complexity index is 699. The van der Waals surface area contributed by atoms with Crippen molar-refractivity contribution in [1.82, 2.24) is 4.98 Å². The topological polar surface area (TPSA) is 68.0 Å². The minimum atomic E-state index is -0.595. The Hall–Kier alpha value is -1.76. The molecule has 0 radical (unpaired) electrons. The largest absolute Gasteiger partial charge is 0.389 e. The highest BCUT2D eigenvalue weighted by atomic mass is 35.5. The van der Waals surface area contributed by atoms with Crippen molar-refractivity contribution >= 4 is 52.0 Å². The fourth-order valence-electron chi connectivity index (χ4n) is 1.51. The van der Waals surface area contributed by atoms with Gasteiger partial charge in [-0.1, -0.05) is 35.4 Å². The van der Waals surface area contributed by atoms with Gasteiger partial charge in [0.1, 0.15) is 16.5 Å². The molecule has 0 aliphatic rings. The summed E-state index contributed by atoms with van der Waals surface area (Å²) in [7, 11) is 0. The zero-order chi connectivity index (χ0) is 15.6. The molecule has 0 saturated carbocycles. The van der Waals surface area contributed by atoms with E-state index in [2.05, 4.69) is 10.3 Å². The van der Waals surface area contributed by atoms with Gasteiger partial charge in [-0.05, 0) is 24.3 Å². The van der Waals surface area contributed by atoms with E-state index in [4.69, 9.17) is 41.2 Å². The second kappa shape index (κ2) is 6.34. The number of nitrogens with zero attached hydrogens (tertiary/aromatic N) is 1. The molecule has 0 bridgehead atoms. The normalized spacial score (nSPS) is 10.2. The summed E-state index contributed by atoms with van der Waals surface area (Å²) in [5.74, 6) is -1.14. The Labute approximate surface area is 135 Å². The molecule has 1 amide bonds. The lowest BCUT2D eigenvalue weighted by Gasteiger charge is -2.09. The van der Waals surface area contributed by atoms with E-state index in [1.807, 2.05) is 0 Å². The van der Waals surface area contributed by atoms with Gasteiger partial charge in [0.05, 0.1) is 15.7 Å². The zero-order valence-electron chi connectivity index (χ0n) is 10.4. The summed E-state index contributed by atoms with van der Waals surface area (Å²) >= 11 is 16.5. The summed E-state index contributed by atoms with van der Waals surface area (Å²) < 4.78 is 13.1. The Morgan fingerprint density at radius 1 is 1.29 bits per heavy atom. The second-order valence-corrected chi connectivity index (χ2v) is 5.25. The van der Waals surface area contributed by atoms with Crippen LogP contribution in [0.5, 0.6) is 0 Å². The Morgan fingerprint density at radius 3 is 2.38 bits per heavy atom. The molecule has 0 spiro atoms. The Balaban J connectivity index is 2.24. The summed E-state index contributed by atoms with van der Waals surface area (Å²) in [4.78, 5) is 16.1. The van der Waals surface area contributed by atoms with E-state index in [0.29, 0.717) is 5.56 Å². The Kier molecular flexibility index (Phi) is 4.72. The highest BCUT2D eigenvalue weighted by Gasteiger charge is 2.14. The van der Waals surface area contributed by atoms with Gasteiger partial charge in [0, 0.05) is 11.8 Å². The summed E-state index contributed by atoms with van der Waals surface area (Å²) in [6.07, 6.45) is 1.38. The van der Waals surface area contributed by atoms with Gasteiger partial charge in [-0.25, -0.2) is 4.39 Å². The molecular formula is C13H8Cl2FN3OS. The van der Waals surface area contributed by atoms with E-state index in [1.54, 1.807) is 6.07 Å². The van der Waals surface area contributed by atoms with Gasteiger partial charge in [-0.2, -0.15) is 0 Å². The molecule has 108 valence electrons. The maximum absolute atomic E-state index is 13.1. The van der Waals surface area contributed by atoms with Crippen LogP contribution in [0.3, 0.4) is 0 Å². The number of halogens is 3. The van der Waals surface area contributed by atoms with Crippen molar-refractivity contribution in [2.75, 3.05) is 5.32 Å².